The van der Waals surface area contributed by atoms with Gasteiger partial charge in [-0.15, -0.1) is 10.2 Å². The fourth-order valence-corrected chi connectivity index (χ4v) is 2.80. The van der Waals surface area contributed by atoms with E-state index in [1.54, 1.807) is 28.2 Å². The minimum Gasteiger partial charge on any atom is -0.330 e. The second-order valence-electron chi connectivity index (χ2n) is 4.38. The van der Waals surface area contributed by atoms with E-state index in [-0.39, 0.29) is 0 Å². The minimum atomic E-state index is 0.346. The number of hydrogen-bond acceptors (Lipinski definition) is 6. The summed E-state index contributed by atoms with van der Waals surface area (Å²) < 4.78 is 1.78. The van der Waals surface area contributed by atoms with Crippen LogP contribution in [0.3, 0.4) is 0 Å². The van der Waals surface area contributed by atoms with Gasteiger partial charge in [-0.05, 0) is 25.1 Å². The van der Waals surface area contributed by atoms with Crippen molar-refractivity contribution in [3.05, 3.63) is 29.5 Å². The van der Waals surface area contributed by atoms with Gasteiger partial charge in [0.2, 0.25) is 4.96 Å². The van der Waals surface area contributed by atoms with Crippen LogP contribution in [0.4, 0.5) is 0 Å². The summed E-state index contributed by atoms with van der Waals surface area (Å²) in [7, 11) is 0. The molecule has 2 N–H and O–H groups in total. The molecule has 0 aliphatic heterocycles. The third-order valence-corrected chi connectivity index (χ3v) is 4.08. The van der Waals surface area contributed by atoms with Crippen LogP contribution in [0.2, 0.25) is 0 Å². The van der Waals surface area contributed by atoms with Gasteiger partial charge in [0.15, 0.2) is 5.82 Å². The Kier molecular flexibility index (Phi) is 3.22. The molecule has 1 atom stereocenters. The Morgan fingerprint density at radius 2 is 2.32 bits per heavy atom. The number of fused-ring (bicyclic) bond motifs is 1. The summed E-state index contributed by atoms with van der Waals surface area (Å²) in [4.78, 5) is 4.90. The van der Waals surface area contributed by atoms with Crippen LogP contribution in [0.15, 0.2) is 24.5 Å². The molecule has 7 heteroatoms. The first kappa shape index (κ1) is 12.2. The predicted octanol–water partition coefficient (Wildman–Crippen LogP) is 1.70. The maximum Gasteiger partial charge on any atom is 0.234 e. The first-order valence-electron chi connectivity index (χ1n) is 6.12. The van der Waals surface area contributed by atoms with Crippen molar-refractivity contribution in [2.75, 3.05) is 6.54 Å². The maximum atomic E-state index is 5.59. The molecular weight excluding hydrogens is 260 g/mol. The molecule has 0 saturated carbocycles. The summed E-state index contributed by atoms with van der Waals surface area (Å²) in [6.45, 7) is 2.79. The highest BCUT2D eigenvalue weighted by Crippen LogP contribution is 2.26. The van der Waals surface area contributed by atoms with Crippen molar-refractivity contribution in [2.45, 2.75) is 19.3 Å². The van der Waals surface area contributed by atoms with E-state index in [1.165, 1.54) is 0 Å². The molecule has 0 amide bonds. The summed E-state index contributed by atoms with van der Waals surface area (Å²) >= 11 is 1.56. The van der Waals surface area contributed by atoms with Crippen LogP contribution >= 0.6 is 11.3 Å². The first-order chi connectivity index (χ1) is 9.29. The molecule has 98 valence electrons. The van der Waals surface area contributed by atoms with Crippen molar-refractivity contribution in [1.82, 2.24) is 24.8 Å². The highest BCUT2D eigenvalue weighted by molar-refractivity contribution is 7.16. The molecule has 0 aliphatic rings. The van der Waals surface area contributed by atoms with Crippen molar-refractivity contribution in [2.24, 2.45) is 5.73 Å². The van der Waals surface area contributed by atoms with Gasteiger partial charge in [0.25, 0.3) is 0 Å². The van der Waals surface area contributed by atoms with Gasteiger partial charge >= 0.3 is 0 Å². The standard InChI is InChI=1S/C12H14N6S/c1-8(4-5-13)11-17-18-10(15-16-12(18)19-11)9-3-2-6-14-7-9/h2-3,6-8H,4-5,13H2,1H3. The topological polar surface area (TPSA) is 82.0 Å². The third kappa shape index (κ3) is 2.22. The molecule has 6 nitrogen and oxygen atoms in total. The molecule has 0 aliphatic carbocycles. The number of nitrogens with two attached hydrogens (primary N) is 1. The Hall–Kier alpha value is -1.86. The van der Waals surface area contributed by atoms with E-state index in [2.05, 4.69) is 27.2 Å². The summed E-state index contributed by atoms with van der Waals surface area (Å²) in [5, 5.41) is 14.0. The van der Waals surface area contributed by atoms with Gasteiger partial charge in [-0.2, -0.15) is 9.61 Å². The highest BCUT2D eigenvalue weighted by atomic mass is 32.1. The van der Waals surface area contributed by atoms with Crippen LogP contribution < -0.4 is 5.73 Å². The molecular formula is C12H14N6S. The molecule has 0 aromatic carbocycles. The summed E-state index contributed by atoms with van der Waals surface area (Å²) in [6, 6.07) is 3.83. The van der Waals surface area contributed by atoms with E-state index in [0.717, 1.165) is 27.8 Å². The zero-order valence-corrected chi connectivity index (χ0v) is 11.3. The van der Waals surface area contributed by atoms with Crippen molar-refractivity contribution in [3.8, 4) is 11.4 Å². The molecule has 1 unspecified atom stereocenters. The fraction of sp³-hybridized carbons (Fsp3) is 0.333. The number of nitrogens with zero attached hydrogens (tertiary/aromatic N) is 5. The van der Waals surface area contributed by atoms with E-state index < -0.39 is 0 Å². The number of rotatable bonds is 4. The van der Waals surface area contributed by atoms with Gasteiger partial charge in [0, 0.05) is 23.9 Å². The molecule has 3 heterocycles. The lowest BCUT2D eigenvalue weighted by molar-refractivity contribution is 0.671. The Balaban J connectivity index is 2.03. The first-order valence-corrected chi connectivity index (χ1v) is 6.94. The van der Waals surface area contributed by atoms with Gasteiger partial charge in [0.1, 0.15) is 5.01 Å². The van der Waals surface area contributed by atoms with Gasteiger partial charge in [-0.3, -0.25) is 4.98 Å². The van der Waals surface area contributed by atoms with Crippen LogP contribution in [-0.2, 0) is 0 Å². The van der Waals surface area contributed by atoms with E-state index in [0.29, 0.717) is 12.5 Å². The second-order valence-corrected chi connectivity index (χ2v) is 5.37. The minimum absolute atomic E-state index is 0.346. The van der Waals surface area contributed by atoms with Gasteiger partial charge < -0.3 is 5.73 Å². The number of pyridine rings is 1. The molecule has 0 bridgehead atoms. The number of aromatic nitrogens is 5. The average Bonchev–Trinajstić information content (AvgIpc) is 2.99. The monoisotopic (exact) mass is 274 g/mol. The van der Waals surface area contributed by atoms with Crippen molar-refractivity contribution in [1.29, 1.82) is 0 Å². The smallest absolute Gasteiger partial charge is 0.234 e. The quantitative estimate of drug-likeness (QED) is 0.783. The molecule has 0 fully saturated rings. The Morgan fingerprint density at radius 1 is 1.42 bits per heavy atom. The molecule has 19 heavy (non-hydrogen) atoms. The number of hydrogen-bond donors (Lipinski definition) is 1. The summed E-state index contributed by atoms with van der Waals surface area (Å²) in [6.07, 6.45) is 4.42. The fourth-order valence-electron chi connectivity index (χ4n) is 1.88. The average molecular weight is 274 g/mol. The van der Waals surface area contributed by atoms with Crippen LogP contribution in [0.5, 0.6) is 0 Å². The highest BCUT2D eigenvalue weighted by Gasteiger charge is 2.16. The van der Waals surface area contributed by atoms with Gasteiger partial charge in [-0.25, -0.2) is 0 Å². The van der Waals surface area contributed by atoms with Crippen LogP contribution in [0, 0.1) is 0 Å². The largest absolute Gasteiger partial charge is 0.330 e. The third-order valence-electron chi connectivity index (χ3n) is 2.95. The van der Waals surface area contributed by atoms with Crippen LogP contribution in [0.25, 0.3) is 16.3 Å². The SMILES string of the molecule is CC(CCN)c1nn2c(-c3cccnc3)nnc2s1. The van der Waals surface area contributed by atoms with E-state index in [9.17, 15) is 0 Å². The summed E-state index contributed by atoms with van der Waals surface area (Å²) in [5.74, 6) is 1.07. The molecule has 3 rings (SSSR count). The van der Waals surface area contributed by atoms with Crippen LogP contribution in [0.1, 0.15) is 24.3 Å². The molecule has 3 aromatic heterocycles. The Labute approximate surface area is 114 Å². The maximum absolute atomic E-state index is 5.59. The molecule has 3 aromatic rings. The molecule has 0 radical (unpaired) electrons. The second kappa shape index (κ2) is 5.02. The van der Waals surface area contributed by atoms with Gasteiger partial charge in [-0.1, -0.05) is 18.3 Å². The zero-order chi connectivity index (χ0) is 13.2. The van der Waals surface area contributed by atoms with E-state index >= 15 is 0 Å². The van der Waals surface area contributed by atoms with Crippen molar-refractivity contribution < 1.29 is 0 Å². The lowest BCUT2D eigenvalue weighted by Crippen LogP contribution is -2.04. The molecule has 0 spiro atoms. The zero-order valence-electron chi connectivity index (χ0n) is 10.5. The normalized spacial score (nSPS) is 12.9. The Morgan fingerprint density at radius 3 is 3.05 bits per heavy atom. The van der Waals surface area contributed by atoms with E-state index in [1.807, 2.05) is 12.1 Å². The Bertz CT molecular complexity index is 674. The van der Waals surface area contributed by atoms with Gasteiger partial charge in [0.05, 0.1) is 0 Å². The predicted molar refractivity (Wildman–Crippen MR) is 74.0 cm³/mol. The van der Waals surface area contributed by atoms with Crippen molar-refractivity contribution >= 4 is 16.3 Å². The van der Waals surface area contributed by atoms with Crippen molar-refractivity contribution in [3.63, 3.8) is 0 Å². The summed E-state index contributed by atoms with van der Waals surface area (Å²) in [5.41, 5.74) is 6.51. The lowest BCUT2D eigenvalue weighted by Gasteiger charge is -2.03. The van der Waals surface area contributed by atoms with Crippen LogP contribution in [-0.4, -0.2) is 31.3 Å². The lowest BCUT2D eigenvalue weighted by atomic mass is 10.1. The molecule has 0 saturated heterocycles. The van der Waals surface area contributed by atoms with E-state index in [4.69, 9.17) is 5.73 Å².